The molecule has 0 saturated heterocycles. The molecule has 72 valence electrons. The van der Waals surface area contributed by atoms with Crippen LogP contribution in [0.4, 0.5) is 0 Å². The van der Waals surface area contributed by atoms with E-state index in [1.165, 1.54) is 0 Å². The van der Waals surface area contributed by atoms with E-state index in [4.69, 9.17) is 11.6 Å². The van der Waals surface area contributed by atoms with Crippen LogP contribution in [0.3, 0.4) is 0 Å². The van der Waals surface area contributed by atoms with Crippen LogP contribution in [0.1, 0.15) is 20.8 Å². The average Bonchev–Trinajstić information content (AvgIpc) is 1.85. The van der Waals surface area contributed by atoms with E-state index >= 15 is 0 Å². The fraction of sp³-hybridized carbons (Fsp3) is 0.778. The van der Waals surface area contributed by atoms with Gasteiger partial charge in [0.15, 0.2) is 0 Å². The molecule has 0 amide bonds. The number of hydrogen-bond acceptors (Lipinski definition) is 2. The quantitative estimate of drug-likeness (QED) is 0.694. The van der Waals surface area contributed by atoms with Crippen LogP contribution < -0.4 is 5.32 Å². The Balaban J connectivity index is 3.69. The third-order valence-corrected chi connectivity index (χ3v) is 2.18. The van der Waals surface area contributed by atoms with E-state index in [9.17, 15) is 5.11 Å². The molecule has 0 aliphatic heterocycles. The summed E-state index contributed by atoms with van der Waals surface area (Å²) in [5.41, 5.74) is -0.674. The zero-order valence-electron chi connectivity index (χ0n) is 8.02. The summed E-state index contributed by atoms with van der Waals surface area (Å²) in [4.78, 5) is 0. The first-order chi connectivity index (χ1) is 5.36. The lowest BCUT2D eigenvalue weighted by atomic mass is 9.93. The first kappa shape index (κ1) is 11.9. The predicted molar refractivity (Wildman–Crippen MR) is 53.3 cm³/mol. The SMILES string of the molecule is C=C(Cl)CNCC(C)(O)C(C)C. The number of aliphatic hydroxyl groups is 1. The van der Waals surface area contributed by atoms with Crippen LogP contribution in [0.5, 0.6) is 0 Å². The Hall–Kier alpha value is -0.0500. The van der Waals surface area contributed by atoms with Crippen molar-refractivity contribution in [1.82, 2.24) is 5.32 Å². The summed E-state index contributed by atoms with van der Waals surface area (Å²) in [7, 11) is 0. The second-order valence-electron chi connectivity index (χ2n) is 3.63. The number of nitrogens with one attached hydrogen (secondary N) is 1. The van der Waals surface area contributed by atoms with E-state index in [1.807, 2.05) is 20.8 Å². The summed E-state index contributed by atoms with van der Waals surface area (Å²) < 4.78 is 0. The molecule has 0 saturated carbocycles. The largest absolute Gasteiger partial charge is 0.389 e. The van der Waals surface area contributed by atoms with E-state index in [0.29, 0.717) is 18.1 Å². The highest BCUT2D eigenvalue weighted by Gasteiger charge is 2.23. The van der Waals surface area contributed by atoms with E-state index in [2.05, 4.69) is 11.9 Å². The fourth-order valence-electron chi connectivity index (χ4n) is 0.655. The predicted octanol–water partition coefficient (Wildman–Crippen LogP) is 1.74. The number of halogens is 1. The monoisotopic (exact) mass is 191 g/mol. The molecule has 0 aromatic heterocycles. The molecule has 2 N–H and O–H groups in total. The molecule has 0 aliphatic carbocycles. The van der Waals surface area contributed by atoms with Crippen molar-refractivity contribution in [3.05, 3.63) is 11.6 Å². The van der Waals surface area contributed by atoms with Gasteiger partial charge in [0, 0.05) is 18.1 Å². The highest BCUT2D eigenvalue weighted by molar-refractivity contribution is 6.29. The highest BCUT2D eigenvalue weighted by atomic mass is 35.5. The number of hydrogen-bond donors (Lipinski definition) is 2. The van der Waals surface area contributed by atoms with Crippen molar-refractivity contribution in [1.29, 1.82) is 0 Å². The minimum atomic E-state index is -0.674. The molecule has 0 aromatic carbocycles. The van der Waals surface area contributed by atoms with Crippen molar-refractivity contribution >= 4 is 11.6 Å². The molecule has 0 aromatic rings. The van der Waals surface area contributed by atoms with Crippen molar-refractivity contribution in [3.8, 4) is 0 Å². The van der Waals surface area contributed by atoms with Gasteiger partial charge in [-0.25, -0.2) is 0 Å². The molecule has 0 bridgehead atoms. The Kier molecular flexibility index (Phi) is 4.83. The van der Waals surface area contributed by atoms with Crippen LogP contribution in [0.25, 0.3) is 0 Å². The van der Waals surface area contributed by atoms with Gasteiger partial charge >= 0.3 is 0 Å². The van der Waals surface area contributed by atoms with Gasteiger partial charge < -0.3 is 10.4 Å². The van der Waals surface area contributed by atoms with Crippen LogP contribution >= 0.6 is 11.6 Å². The van der Waals surface area contributed by atoms with Crippen molar-refractivity contribution in [3.63, 3.8) is 0 Å². The maximum atomic E-state index is 9.77. The summed E-state index contributed by atoms with van der Waals surface area (Å²) in [6.07, 6.45) is 0. The third-order valence-electron chi connectivity index (χ3n) is 2.04. The van der Waals surface area contributed by atoms with Crippen LogP contribution in [0.15, 0.2) is 11.6 Å². The lowest BCUT2D eigenvalue weighted by molar-refractivity contribution is 0.0151. The van der Waals surface area contributed by atoms with Crippen LogP contribution in [-0.2, 0) is 0 Å². The minimum absolute atomic E-state index is 0.230. The molecule has 0 rings (SSSR count). The average molecular weight is 192 g/mol. The van der Waals surface area contributed by atoms with Crippen LogP contribution in [0, 0.1) is 5.92 Å². The molecule has 12 heavy (non-hydrogen) atoms. The van der Waals surface area contributed by atoms with E-state index < -0.39 is 5.60 Å². The standard InChI is InChI=1S/C9H18ClNO/c1-7(2)9(4,12)6-11-5-8(3)10/h7,11-12H,3,5-6H2,1-2,4H3. The topological polar surface area (TPSA) is 32.3 Å². The van der Waals surface area contributed by atoms with Crippen molar-refractivity contribution in [2.24, 2.45) is 5.92 Å². The zero-order valence-corrected chi connectivity index (χ0v) is 8.78. The molecular formula is C9H18ClNO. The Labute approximate surface area is 79.6 Å². The maximum Gasteiger partial charge on any atom is 0.0766 e. The van der Waals surface area contributed by atoms with Gasteiger partial charge in [-0.3, -0.25) is 0 Å². The Bertz CT molecular complexity index is 155. The fourth-order valence-corrected chi connectivity index (χ4v) is 0.750. The molecule has 1 unspecified atom stereocenters. The zero-order chi connectivity index (χ0) is 9.78. The molecule has 0 heterocycles. The molecule has 0 fully saturated rings. The first-order valence-electron chi connectivity index (χ1n) is 4.12. The van der Waals surface area contributed by atoms with Gasteiger partial charge in [0.2, 0.25) is 0 Å². The van der Waals surface area contributed by atoms with Gasteiger partial charge in [-0.05, 0) is 12.8 Å². The minimum Gasteiger partial charge on any atom is -0.389 e. The van der Waals surface area contributed by atoms with Crippen LogP contribution in [-0.4, -0.2) is 23.8 Å². The third kappa shape index (κ3) is 4.75. The second kappa shape index (κ2) is 4.85. The Morgan fingerprint density at radius 1 is 1.67 bits per heavy atom. The van der Waals surface area contributed by atoms with Crippen LogP contribution in [0.2, 0.25) is 0 Å². The summed E-state index contributed by atoms with van der Waals surface area (Å²) in [6, 6.07) is 0. The van der Waals surface area contributed by atoms with E-state index in [0.717, 1.165) is 0 Å². The molecular weight excluding hydrogens is 174 g/mol. The van der Waals surface area contributed by atoms with Crippen molar-refractivity contribution in [2.75, 3.05) is 13.1 Å². The van der Waals surface area contributed by atoms with Crippen molar-refractivity contribution in [2.45, 2.75) is 26.4 Å². The molecule has 0 radical (unpaired) electrons. The van der Waals surface area contributed by atoms with Gasteiger partial charge in [-0.1, -0.05) is 32.0 Å². The van der Waals surface area contributed by atoms with E-state index in [-0.39, 0.29) is 5.92 Å². The second-order valence-corrected chi connectivity index (χ2v) is 4.17. The smallest absolute Gasteiger partial charge is 0.0766 e. The first-order valence-corrected chi connectivity index (χ1v) is 4.50. The molecule has 3 heteroatoms. The lowest BCUT2D eigenvalue weighted by Gasteiger charge is -2.27. The van der Waals surface area contributed by atoms with E-state index in [1.54, 1.807) is 0 Å². The maximum absolute atomic E-state index is 9.77. The number of rotatable bonds is 5. The van der Waals surface area contributed by atoms with Crippen molar-refractivity contribution < 1.29 is 5.11 Å². The van der Waals surface area contributed by atoms with Gasteiger partial charge in [-0.15, -0.1) is 0 Å². The lowest BCUT2D eigenvalue weighted by Crippen LogP contribution is -2.42. The molecule has 2 nitrogen and oxygen atoms in total. The van der Waals surface area contributed by atoms with Gasteiger partial charge in [-0.2, -0.15) is 0 Å². The summed E-state index contributed by atoms with van der Waals surface area (Å²) in [5.74, 6) is 0.230. The molecule has 0 aliphatic rings. The molecule has 1 atom stereocenters. The molecule has 0 spiro atoms. The Morgan fingerprint density at radius 3 is 2.50 bits per heavy atom. The van der Waals surface area contributed by atoms with Gasteiger partial charge in [0.1, 0.15) is 0 Å². The summed E-state index contributed by atoms with van der Waals surface area (Å²) in [5, 5.41) is 13.4. The summed E-state index contributed by atoms with van der Waals surface area (Å²) in [6.45, 7) is 10.4. The highest BCUT2D eigenvalue weighted by Crippen LogP contribution is 2.14. The normalized spacial score (nSPS) is 16.2. The van der Waals surface area contributed by atoms with Gasteiger partial charge in [0.25, 0.3) is 0 Å². The summed E-state index contributed by atoms with van der Waals surface area (Å²) >= 11 is 5.55. The Morgan fingerprint density at radius 2 is 2.17 bits per heavy atom. The van der Waals surface area contributed by atoms with Gasteiger partial charge in [0.05, 0.1) is 5.60 Å².